The number of hydrogen-bond donors (Lipinski definition) is 3. The van der Waals surface area contributed by atoms with Crippen molar-refractivity contribution >= 4 is 0 Å². The Hall–Kier alpha value is -0.120. The Morgan fingerprint density at radius 2 is 1.93 bits per heavy atom. The first-order valence-corrected chi connectivity index (χ1v) is 5.62. The molecule has 0 spiro atoms. The SMILES string of the molecule is CC(CO)(CO)CNCCC1CCC1. The molecule has 1 rings (SSSR count). The zero-order valence-corrected chi connectivity index (χ0v) is 9.13. The molecule has 3 heteroatoms. The second-order valence-corrected chi connectivity index (χ2v) is 4.89. The molecule has 0 amide bonds. The van der Waals surface area contributed by atoms with Crippen molar-refractivity contribution in [2.75, 3.05) is 26.3 Å². The fraction of sp³-hybridized carbons (Fsp3) is 1.00. The van der Waals surface area contributed by atoms with Gasteiger partial charge >= 0.3 is 0 Å². The maximum atomic E-state index is 9.05. The van der Waals surface area contributed by atoms with Crippen LogP contribution >= 0.6 is 0 Å². The summed E-state index contributed by atoms with van der Waals surface area (Å²) in [6, 6.07) is 0. The lowest BCUT2D eigenvalue weighted by molar-refractivity contribution is 0.0693. The van der Waals surface area contributed by atoms with Gasteiger partial charge in [0.25, 0.3) is 0 Å². The van der Waals surface area contributed by atoms with E-state index in [-0.39, 0.29) is 18.6 Å². The van der Waals surface area contributed by atoms with Crippen molar-refractivity contribution in [1.29, 1.82) is 0 Å². The Labute approximate surface area is 86.5 Å². The van der Waals surface area contributed by atoms with E-state index in [0.29, 0.717) is 6.54 Å². The Bertz CT molecular complexity index is 153. The predicted octanol–water partition coefficient (Wildman–Crippen LogP) is 0.757. The summed E-state index contributed by atoms with van der Waals surface area (Å²) in [5.41, 5.74) is -0.361. The van der Waals surface area contributed by atoms with Gasteiger partial charge in [0.2, 0.25) is 0 Å². The van der Waals surface area contributed by atoms with Crippen molar-refractivity contribution in [2.24, 2.45) is 11.3 Å². The zero-order chi connectivity index (χ0) is 10.4. The standard InChI is InChI=1S/C11H23NO2/c1-11(8-13,9-14)7-12-6-5-10-3-2-4-10/h10,12-14H,2-9H2,1H3. The van der Waals surface area contributed by atoms with Gasteiger partial charge in [0, 0.05) is 12.0 Å². The quantitative estimate of drug-likeness (QED) is 0.533. The first-order valence-electron chi connectivity index (χ1n) is 5.62. The largest absolute Gasteiger partial charge is 0.396 e. The molecule has 0 saturated heterocycles. The lowest BCUT2D eigenvalue weighted by Crippen LogP contribution is -2.38. The number of nitrogens with one attached hydrogen (secondary N) is 1. The average Bonchev–Trinajstić information content (AvgIpc) is 2.14. The lowest BCUT2D eigenvalue weighted by atomic mass is 9.83. The van der Waals surface area contributed by atoms with E-state index in [4.69, 9.17) is 10.2 Å². The van der Waals surface area contributed by atoms with Crippen LogP contribution < -0.4 is 5.32 Å². The van der Waals surface area contributed by atoms with Crippen LogP contribution in [0.25, 0.3) is 0 Å². The first kappa shape index (κ1) is 12.0. The van der Waals surface area contributed by atoms with Crippen LogP contribution in [0.1, 0.15) is 32.6 Å². The van der Waals surface area contributed by atoms with Crippen molar-refractivity contribution in [2.45, 2.75) is 32.6 Å². The normalized spacial score (nSPS) is 18.2. The summed E-state index contributed by atoms with van der Waals surface area (Å²) >= 11 is 0. The van der Waals surface area contributed by atoms with E-state index in [0.717, 1.165) is 12.5 Å². The summed E-state index contributed by atoms with van der Waals surface area (Å²) < 4.78 is 0. The van der Waals surface area contributed by atoms with Gasteiger partial charge in [-0.1, -0.05) is 26.2 Å². The van der Waals surface area contributed by atoms with Gasteiger partial charge in [-0.05, 0) is 18.9 Å². The zero-order valence-electron chi connectivity index (χ0n) is 9.13. The number of hydrogen-bond acceptors (Lipinski definition) is 3. The average molecular weight is 201 g/mol. The minimum atomic E-state index is -0.361. The molecule has 0 heterocycles. The minimum Gasteiger partial charge on any atom is -0.396 e. The topological polar surface area (TPSA) is 52.5 Å². The molecular weight excluding hydrogens is 178 g/mol. The highest BCUT2D eigenvalue weighted by Crippen LogP contribution is 2.28. The molecule has 1 saturated carbocycles. The van der Waals surface area contributed by atoms with Gasteiger partial charge in [0.05, 0.1) is 13.2 Å². The van der Waals surface area contributed by atoms with Crippen LogP contribution in [0, 0.1) is 11.3 Å². The second kappa shape index (κ2) is 5.69. The fourth-order valence-electron chi connectivity index (χ4n) is 1.64. The summed E-state index contributed by atoms with van der Waals surface area (Å²) in [5, 5.41) is 21.4. The van der Waals surface area contributed by atoms with Crippen LogP contribution in [0.4, 0.5) is 0 Å². The summed E-state index contributed by atoms with van der Waals surface area (Å²) in [5.74, 6) is 0.928. The summed E-state index contributed by atoms with van der Waals surface area (Å²) in [6.45, 7) is 3.69. The van der Waals surface area contributed by atoms with Gasteiger partial charge < -0.3 is 15.5 Å². The molecule has 1 fully saturated rings. The fourth-order valence-corrected chi connectivity index (χ4v) is 1.64. The highest BCUT2D eigenvalue weighted by molar-refractivity contribution is 4.76. The molecule has 0 aromatic rings. The second-order valence-electron chi connectivity index (χ2n) is 4.89. The Morgan fingerprint density at radius 3 is 2.36 bits per heavy atom. The predicted molar refractivity (Wildman–Crippen MR) is 57.1 cm³/mol. The Morgan fingerprint density at radius 1 is 1.29 bits per heavy atom. The van der Waals surface area contributed by atoms with Gasteiger partial charge in [-0.3, -0.25) is 0 Å². The maximum Gasteiger partial charge on any atom is 0.0518 e. The van der Waals surface area contributed by atoms with Crippen molar-refractivity contribution < 1.29 is 10.2 Å². The van der Waals surface area contributed by atoms with Gasteiger partial charge in [-0.15, -0.1) is 0 Å². The molecule has 0 aromatic heterocycles. The molecule has 0 radical (unpaired) electrons. The first-order chi connectivity index (χ1) is 6.70. The molecule has 0 unspecified atom stereocenters. The molecule has 14 heavy (non-hydrogen) atoms. The highest BCUT2D eigenvalue weighted by atomic mass is 16.3. The number of rotatable bonds is 7. The van der Waals surface area contributed by atoms with Gasteiger partial charge in [-0.2, -0.15) is 0 Å². The van der Waals surface area contributed by atoms with Crippen LogP contribution in [0.3, 0.4) is 0 Å². The van der Waals surface area contributed by atoms with Crippen LogP contribution in [-0.4, -0.2) is 36.5 Å². The smallest absolute Gasteiger partial charge is 0.0518 e. The van der Waals surface area contributed by atoms with Crippen LogP contribution in [0.2, 0.25) is 0 Å². The monoisotopic (exact) mass is 201 g/mol. The lowest BCUT2D eigenvalue weighted by Gasteiger charge is -2.28. The summed E-state index contributed by atoms with van der Waals surface area (Å²) in [4.78, 5) is 0. The number of aliphatic hydroxyl groups is 2. The van der Waals surface area contributed by atoms with E-state index in [1.165, 1.54) is 25.7 Å². The van der Waals surface area contributed by atoms with E-state index >= 15 is 0 Å². The number of aliphatic hydroxyl groups excluding tert-OH is 2. The van der Waals surface area contributed by atoms with E-state index < -0.39 is 0 Å². The Balaban J connectivity index is 2.01. The molecular formula is C11H23NO2. The minimum absolute atomic E-state index is 0.0416. The summed E-state index contributed by atoms with van der Waals surface area (Å²) in [6.07, 6.45) is 5.42. The van der Waals surface area contributed by atoms with E-state index in [1.807, 2.05) is 6.92 Å². The third kappa shape index (κ3) is 3.56. The van der Waals surface area contributed by atoms with Gasteiger partial charge in [0.1, 0.15) is 0 Å². The van der Waals surface area contributed by atoms with Crippen molar-refractivity contribution in [3.63, 3.8) is 0 Å². The van der Waals surface area contributed by atoms with Gasteiger partial charge in [-0.25, -0.2) is 0 Å². The molecule has 84 valence electrons. The Kier molecular flexibility index (Phi) is 4.85. The van der Waals surface area contributed by atoms with E-state index in [2.05, 4.69) is 5.32 Å². The van der Waals surface area contributed by atoms with Crippen LogP contribution in [0.15, 0.2) is 0 Å². The molecule has 0 bridgehead atoms. The summed E-state index contributed by atoms with van der Waals surface area (Å²) in [7, 11) is 0. The molecule has 3 nitrogen and oxygen atoms in total. The molecule has 0 atom stereocenters. The molecule has 1 aliphatic rings. The van der Waals surface area contributed by atoms with E-state index in [1.54, 1.807) is 0 Å². The van der Waals surface area contributed by atoms with Crippen LogP contribution in [-0.2, 0) is 0 Å². The van der Waals surface area contributed by atoms with Crippen molar-refractivity contribution in [3.05, 3.63) is 0 Å². The molecule has 3 N–H and O–H groups in total. The highest BCUT2D eigenvalue weighted by Gasteiger charge is 2.22. The molecule has 1 aliphatic carbocycles. The third-order valence-electron chi connectivity index (χ3n) is 3.27. The maximum absolute atomic E-state index is 9.05. The van der Waals surface area contributed by atoms with Gasteiger partial charge in [0.15, 0.2) is 0 Å². The van der Waals surface area contributed by atoms with Crippen molar-refractivity contribution in [1.82, 2.24) is 5.32 Å². The van der Waals surface area contributed by atoms with Crippen molar-refractivity contribution in [3.8, 4) is 0 Å². The third-order valence-corrected chi connectivity index (χ3v) is 3.27. The van der Waals surface area contributed by atoms with Crippen LogP contribution in [0.5, 0.6) is 0 Å². The molecule has 0 aromatic carbocycles. The molecule has 0 aliphatic heterocycles. The van der Waals surface area contributed by atoms with E-state index in [9.17, 15) is 0 Å².